The lowest BCUT2D eigenvalue weighted by atomic mass is 10.1. The summed E-state index contributed by atoms with van der Waals surface area (Å²) in [5, 5.41) is 9.98. The molecule has 1 fully saturated rings. The van der Waals surface area contributed by atoms with E-state index in [4.69, 9.17) is 21.1 Å². The van der Waals surface area contributed by atoms with Crippen LogP contribution in [0.3, 0.4) is 0 Å². The molecule has 4 rings (SSSR count). The average Bonchev–Trinajstić information content (AvgIpc) is 2.83. The number of piperidine rings is 1. The van der Waals surface area contributed by atoms with E-state index >= 15 is 0 Å². The molecular weight excluding hydrogens is 532 g/mol. The Labute approximate surface area is 225 Å². The van der Waals surface area contributed by atoms with E-state index in [1.54, 1.807) is 31.4 Å². The van der Waals surface area contributed by atoms with Gasteiger partial charge in [0.15, 0.2) is 0 Å². The van der Waals surface area contributed by atoms with Crippen molar-refractivity contribution in [3.05, 3.63) is 59.1 Å². The van der Waals surface area contributed by atoms with Crippen LogP contribution in [0.15, 0.2) is 48.3 Å². The van der Waals surface area contributed by atoms with Crippen LogP contribution in [-0.4, -0.2) is 49.3 Å². The van der Waals surface area contributed by atoms with Crippen molar-refractivity contribution in [3.8, 4) is 5.75 Å². The van der Waals surface area contributed by atoms with Gasteiger partial charge in [-0.2, -0.15) is 0 Å². The molecule has 0 saturated carbocycles. The lowest BCUT2D eigenvalue weighted by molar-refractivity contribution is -0.112. The zero-order chi connectivity index (χ0) is 23.9. The van der Waals surface area contributed by atoms with Gasteiger partial charge in [0.1, 0.15) is 30.3 Å². The third-order valence-electron chi connectivity index (χ3n) is 5.30. The van der Waals surface area contributed by atoms with Gasteiger partial charge in [-0.05, 0) is 50.2 Å². The van der Waals surface area contributed by atoms with E-state index in [0.29, 0.717) is 47.1 Å². The molecule has 1 saturated heterocycles. The van der Waals surface area contributed by atoms with Gasteiger partial charge in [0.25, 0.3) is 0 Å². The number of rotatable bonds is 8. The van der Waals surface area contributed by atoms with E-state index in [-0.39, 0.29) is 35.7 Å². The first-order valence-corrected chi connectivity index (χ1v) is 11.2. The molecule has 0 aliphatic carbocycles. The van der Waals surface area contributed by atoms with Crippen molar-refractivity contribution in [2.45, 2.75) is 12.8 Å². The van der Waals surface area contributed by atoms with Crippen LogP contribution in [0.4, 0.5) is 21.6 Å². The number of fused-ring (bicyclic) bond motifs is 1. The molecule has 12 heteroatoms. The smallest absolute Gasteiger partial charge is 0.248 e. The maximum atomic E-state index is 13.5. The van der Waals surface area contributed by atoms with Crippen molar-refractivity contribution in [1.29, 1.82) is 0 Å². The van der Waals surface area contributed by atoms with Crippen LogP contribution in [0.2, 0.25) is 5.02 Å². The lowest BCUT2D eigenvalue weighted by Gasteiger charge is -2.16. The molecule has 2 heterocycles. The van der Waals surface area contributed by atoms with Gasteiger partial charge < -0.3 is 25.4 Å². The van der Waals surface area contributed by atoms with Gasteiger partial charge in [0, 0.05) is 30.3 Å². The number of hydrogen-bond donors (Lipinski definition) is 3. The Bertz CT molecular complexity index is 1220. The quantitative estimate of drug-likeness (QED) is 0.256. The number of aromatic nitrogens is 2. The molecule has 0 radical (unpaired) electrons. The number of amides is 1. The van der Waals surface area contributed by atoms with Gasteiger partial charge in [0.2, 0.25) is 5.91 Å². The standard InChI is InChI=1S/C24H25ClFN5O3.2ClH/c1-33-8-9-34-22-13-20-17(12-21(22)31-23(32)10-15-4-6-27-7-5-15)24(29-14-28-20)30-16-2-3-19(26)18(25)11-16;;/h2-3,10-14,27H,4-9H2,1H3,(H,31,32)(H,28,29,30);2*1H. The first-order chi connectivity index (χ1) is 16.5. The maximum Gasteiger partial charge on any atom is 0.248 e. The van der Waals surface area contributed by atoms with E-state index in [2.05, 4.69) is 25.9 Å². The van der Waals surface area contributed by atoms with E-state index in [1.807, 2.05) is 0 Å². The number of anilines is 3. The summed E-state index contributed by atoms with van der Waals surface area (Å²) in [5.41, 5.74) is 2.74. The Morgan fingerprint density at radius 1 is 1.17 bits per heavy atom. The number of hydrogen-bond acceptors (Lipinski definition) is 7. The number of nitrogens with one attached hydrogen (secondary N) is 3. The van der Waals surface area contributed by atoms with Gasteiger partial charge in [-0.25, -0.2) is 14.4 Å². The maximum absolute atomic E-state index is 13.5. The largest absolute Gasteiger partial charge is 0.489 e. The molecule has 194 valence electrons. The Hall–Kier alpha value is -2.69. The summed E-state index contributed by atoms with van der Waals surface area (Å²) in [5.74, 6) is 0.203. The SMILES string of the molecule is COCCOc1cc2ncnc(Nc3ccc(F)c(Cl)c3)c2cc1NC(=O)C=C1CCNCC1.Cl.Cl. The highest BCUT2D eigenvalue weighted by Gasteiger charge is 2.15. The summed E-state index contributed by atoms with van der Waals surface area (Å²) in [6.07, 6.45) is 4.73. The summed E-state index contributed by atoms with van der Waals surface area (Å²) in [4.78, 5) is 21.4. The summed E-state index contributed by atoms with van der Waals surface area (Å²) in [6, 6.07) is 7.80. The Kier molecular flexibility index (Phi) is 11.6. The second-order valence-electron chi connectivity index (χ2n) is 7.72. The highest BCUT2D eigenvalue weighted by atomic mass is 35.5. The normalized spacial score (nSPS) is 12.8. The molecule has 1 aromatic heterocycles. The fourth-order valence-electron chi connectivity index (χ4n) is 3.59. The van der Waals surface area contributed by atoms with Crippen LogP contribution in [-0.2, 0) is 9.53 Å². The summed E-state index contributed by atoms with van der Waals surface area (Å²) < 4.78 is 24.5. The molecule has 0 spiro atoms. The van der Waals surface area contributed by atoms with Gasteiger partial charge in [-0.1, -0.05) is 17.2 Å². The monoisotopic (exact) mass is 557 g/mol. The number of nitrogens with zero attached hydrogens (tertiary/aromatic N) is 2. The van der Waals surface area contributed by atoms with Crippen LogP contribution in [0.1, 0.15) is 12.8 Å². The Balaban J connectivity index is 0.00000228. The number of carbonyl (C=O) groups excluding carboxylic acids is 1. The van der Waals surface area contributed by atoms with Crippen molar-refractivity contribution in [2.24, 2.45) is 0 Å². The zero-order valence-electron chi connectivity index (χ0n) is 19.5. The first-order valence-electron chi connectivity index (χ1n) is 10.9. The topological polar surface area (TPSA) is 97.4 Å². The predicted octanol–water partition coefficient (Wildman–Crippen LogP) is 5.28. The van der Waals surface area contributed by atoms with E-state index in [1.165, 1.54) is 18.5 Å². The number of benzene rings is 2. The summed E-state index contributed by atoms with van der Waals surface area (Å²) >= 11 is 5.91. The first kappa shape index (κ1) is 29.5. The molecule has 36 heavy (non-hydrogen) atoms. The van der Waals surface area contributed by atoms with Crippen LogP contribution < -0.4 is 20.7 Å². The molecule has 0 unspecified atom stereocenters. The fourth-order valence-corrected chi connectivity index (χ4v) is 3.77. The minimum absolute atomic E-state index is 0. The van der Waals surface area contributed by atoms with Crippen LogP contribution in [0.25, 0.3) is 10.9 Å². The molecule has 8 nitrogen and oxygen atoms in total. The summed E-state index contributed by atoms with van der Waals surface area (Å²) in [7, 11) is 1.59. The highest BCUT2D eigenvalue weighted by Crippen LogP contribution is 2.34. The molecule has 0 atom stereocenters. The van der Waals surface area contributed by atoms with E-state index in [9.17, 15) is 9.18 Å². The molecule has 1 aliphatic heterocycles. The van der Waals surface area contributed by atoms with Crippen LogP contribution in [0.5, 0.6) is 5.75 Å². The Morgan fingerprint density at radius 3 is 2.67 bits per heavy atom. The number of carbonyl (C=O) groups is 1. The van der Waals surface area contributed by atoms with Crippen molar-refractivity contribution in [2.75, 3.05) is 44.0 Å². The average molecular weight is 559 g/mol. The third kappa shape index (κ3) is 7.65. The molecule has 2 aromatic carbocycles. The molecule has 3 N–H and O–H groups in total. The third-order valence-corrected chi connectivity index (χ3v) is 5.59. The molecule has 1 amide bonds. The highest BCUT2D eigenvalue weighted by molar-refractivity contribution is 6.31. The number of methoxy groups -OCH3 is 1. The van der Waals surface area contributed by atoms with Crippen molar-refractivity contribution in [1.82, 2.24) is 15.3 Å². The molecule has 3 aromatic rings. The van der Waals surface area contributed by atoms with Gasteiger partial charge >= 0.3 is 0 Å². The second-order valence-corrected chi connectivity index (χ2v) is 8.13. The van der Waals surface area contributed by atoms with Gasteiger partial charge in [-0.3, -0.25) is 4.79 Å². The van der Waals surface area contributed by atoms with Crippen LogP contribution in [0, 0.1) is 5.82 Å². The molecule has 0 bridgehead atoms. The van der Waals surface area contributed by atoms with Gasteiger partial charge in [-0.15, -0.1) is 24.8 Å². The molecule has 1 aliphatic rings. The second kappa shape index (κ2) is 14.2. The van der Waals surface area contributed by atoms with Crippen molar-refractivity contribution >= 4 is 70.4 Å². The summed E-state index contributed by atoms with van der Waals surface area (Å²) in [6.45, 7) is 2.42. The molecular formula is C24H27Cl3FN5O3. The predicted molar refractivity (Wildman–Crippen MR) is 145 cm³/mol. The number of ether oxygens (including phenoxy) is 2. The minimum atomic E-state index is -0.509. The van der Waals surface area contributed by atoms with Crippen molar-refractivity contribution in [3.63, 3.8) is 0 Å². The fraction of sp³-hybridized carbons (Fsp3) is 0.292. The van der Waals surface area contributed by atoms with E-state index < -0.39 is 5.82 Å². The lowest BCUT2D eigenvalue weighted by Crippen LogP contribution is -2.24. The van der Waals surface area contributed by atoms with Gasteiger partial charge in [0.05, 0.1) is 22.8 Å². The Morgan fingerprint density at radius 2 is 1.94 bits per heavy atom. The van der Waals surface area contributed by atoms with Crippen molar-refractivity contribution < 1.29 is 18.7 Å². The minimum Gasteiger partial charge on any atom is -0.489 e. The number of halogens is 4. The zero-order valence-corrected chi connectivity index (χ0v) is 21.9. The van der Waals surface area contributed by atoms with Crippen LogP contribution >= 0.6 is 36.4 Å². The van der Waals surface area contributed by atoms with E-state index in [0.717, 1.165) is 31.5 Å².